The minimum Gasteiger partial charge on any atom is -0.508 e. The number of benzene rings is 2. The number of anilines is 1. The molecule has 0 unspecified atom stereocenters. The van der Waals surface area contributed by atoms with E-state index in [2.05, 4.69) is 10.3 Å². The second kappa shape index (κ2) is 6.42. The van der Waals surface area contributed by atoms with E-state index in [4.69, 9.17) is 11.6 Å². The Hall–Kier alpha value is -1.98. The van der Waals surface area contributed by atoms with Crippen molar-refractivity contribution in [3.05, 3.63) is 53.1 Å². The van der Waals surface area contributed by atoms with Crippen LogP contribution in [0.3, 0.4) is 0 Å². The van der Waals surface area contributed by atoms with Crippen LogP contribution < -0.4 is 5.32 Å². The monoisotopic (exact) mass is 332 g/mol. The van der Waals surface area contributed by atoms with Gasteiger partial charge in [0.2, 0.25) is 5.91 Å². The molecule has 22 heavy (non-hydrogen) atoms. The highest BCUT2D eigenvalue weighted by Crippen LogP contribution is 2.32. The van der Waals surface area contributed by atoms with E-state index in [1.54, 1.807) is 36.4 Å². The fourth-order valence-corrected chi connectivity index (χ4v) is 3.02. The number of aromatic hydroxyl groups is 1. The standard InChI is InChI=1S/C16H13ClN2O2S/c17-11-2-4-12(5-3-11)18-15(21)9-22-16-7-10-1-6-13(20)8-14(10)19-16/h1-6,8,20H,7,9H2,(H,18,21). The van der Waals surface area contributed by atoms with Gasteiger partial charge in [0.1, 0.15) is 5.75 Å². The number of thioether (sulfide) groups is 1. The predicted octanol–water partition coefficient (Wildman–Crippen LogP) is 4.00. The van der Waals surface area contributed by atoms with E-state index >= 15 is 0 Å². The van der Waals surface area contributed by atoms with Crippen molar-refractivity contribution in [2.45, 2.75) is 6.42 Å². The lowest BCUT2D eigenvalue weighted by atomic mass is 10.1. The Labute approximate surface area is 137 Å². The van der Waals surface area contributed by atoms with E-state index in [9.17, 15) is 9.90 Å². The van der Waals surface area contributed by atoms with Crippen LogP contribution in [0.2, 0.25) is 5.02 Å². The minimum atomic E-state index is -0.0891. The summed E-state index contributed by atoms with van der Waals surface area (Å²) in [5, 5.41) is 13.8. The zero-order valence-electron chi connectivity index (χ0n) is 11.5. The maximum Gasteiger partial charge on any atom is 0.234 e. The molecule has 1 aliphatic rings. The highest BCUT2D eigenvalue weighted by atomic mass is 35.5. The Bertz CT molecular complexity index is 744. The van der Waals surface area contributed by atoms with E-state index in [-0.39, 0.29) is 11.7 Å². The Morgan fingerprint density at radius 3 is 2.82 bits per heavy atom. The number of carbonyl (C=O) groups excluding carboxylic acids is 1. The summed E-state index contributed by atoms with van der Waals surface area (Å²) in [6, 6.07) is 12.1. The normalized spacial score (nSPS) is 12.7. The summed E-state index contributed by atoms with van der Waals surface area (Å²) in [6.45, 7) is 0. The molecule has 112 valence electrons. The van der Waals surface area contributed by atoms with Crippen LogP contribution in [0.25, 0.3) is 0 Å². The molecule has 6 heteroatoms. The smallest absolute Gasteiger partial charge is 0.234 e. The van der Waals surface area contributed by atoms with Gasteiger partial charge in [0.05, 0.1) is 16.5 Å². The molecule has 1 heterocycles. The van der Waals surface area contributed by atoms with Crippen LogP contribution in [0.15, 0.2) is 47.5 Å². The van der Waals surface area contributed by atoms with Crippen LogP contribution in [0.5, 0.6) is 5.75 Å². The van der Waals surface area contributed by atoms with Gasteiger partial charge in [-0.3, -0.25) is 4.79 Å². The average molecular weight is 333 g/mol. The number of hydrogen-bond donors (Lipinski definition) is 2. The molecule has 0 aliphatic carbocycles. The SMILES string of the molecule is O=C(CSC1=Nc2cc(O)ccc2C1)Nc1ccc(Cl)cc1. The average Bonchev–Trinajstić information content (AvgIpc) is 2.89. The molecule has 0 saturated carbocycles. The largest absolute Gasteiger partial charge is 0.508 e. The first-order valence-corrected chi connectivity index (χ1v) is 8.04. The van der Waals surface area contributed by atoms with Gasteiger partial charge in [-0.05, 0) is 35.9 Å². The molecule has 0 aromatic heterocycles. The van der Waals surface area contributed by atoms with Gasteiger partial charge in [0.25, 0.3) is 0 Å². The third-order valence-electron chi connectivity index (χ3n) is 3.15. The number of fused-ring (bicyclic) bond motifs is 1. The van der Waals surface area contributed by atoms with Crippen molar-refractivity contribution in [3.63, 3.8) is 0 Å². The van der Waals surface area contributed by atoms with Gasteiger partial charge in [0, 0.05) is 23.2 Å². The molecule has 0 fully saturated rings. The first kappa shape index (κ1) is 14.9. The highest BCUT2D eigenvalue weighted by Gasteiger charge is 2.16. The van der Waals surface area contributed by atoms with Gasteiger partial charge in [-0.2, -0.15) is 0 Å². The number of nitrogens with one attached hydrogen (secondary N) is 1. The molecule has 1 aliphatic heterocycles. The lowest BCUT2D eigenvalue weighted by Crippen LogP contribution is -2.15. The van der Waals surface area contributed by atoms with Crippen molar-refractivity contribution >= 4 is 45.7 Å². The predicted molar refractivity (Wildman–Crippen MR) is 91.4 cm³/mol. The number of aliphatic imine (C=N–C) groups is 1. The fourth-order valence-electron chi connectivity index (χ4n) is 2.11. The van der Waals surface area contributed by atoms with Gasteiger partial charge in [-0.1, -0.05) is 17.7 Å². The van der Waals surface area contributed by atoms with Crippen LogP contribution in [-0.2, 0) is 11.2 Å². The summed E-state index contributed by atoms with van der Waals surface area (Å²) in [7, 11) is 0. The summed E-state index contributed by atoms with van der Waals surface area (Å²) in [5.41, 5.74) is 2.57. The van der Waals surface area contributed by atoms with Gasteiger partial charge in [-0.25, -0.2) is 4.99 Å². The van der Waals surface area contributed by atoms with Gasteiger partial charge in [0.15, 0.2) is 0 Å². The Balaban J connectivity index is 1.54. The van der Waals surface area contributed by atoms with E-state index < -0.39 is 0 Å². The molecule has 2 aromatic carbocycles. The second-order valence-corrected chi connectivity index (χ2v) is 6.32. The second-order valence-electron chi connectivity index (χ2n) is 4.84. The Kier molecular flexibility index (Phi) is 4.36. The molecule has 2 N–H and O–H groups in total. The van der Waals surface area contributed by atoms with Crippen molar-refractivity contribution in [2.24, 2.45) is 4.99 Å². The Morgan fingerprint density at radius 1 is 1.27 bits per heavy atom. The summed E-state index contributed by atoms with van der Waals surface area (Å²) >= 11 is 7.21. The summed E-state index contributed by atoms with van der Waals surface area (Å²) in [6.07, 6.45) is 0.703. The molecule has 0 atom stereocenters. The maximum absolute atomic E-state index is 11.9. The molecule has 2 aromatic rings. The third-order valence-corrected chi connectivity index (χ3v) is 4.38. The summed E-state index contributed by atoms with van der Waals surface area (Å²) in [4.78, 5) is 16.3. The van der Waals surface area contributed by atoms with Crippen LogP contribution in [0, 0.1) is 0 Å². The zero-order valence-corrected chi connectivity index (χ0v) is 13.1. The van der Waals surface area contributed by atoms with Crippen LogP contribution >= 0.6 is 23.4 Å². The zero-order chi connectivity index (χ0) is 15.5. The minimum absolute atomic E-state index is 0.0891. The van der Waals surface area contributed by atoms with Crippen LogP contribution in [0.1, 0.15) is 5.56 Å². The summed E-state index contributed by atoms with van der Waals surface area (Å²) < 4.78 is 0. The van der Waals surface area contributed by atoms with Crippen molar-refractivity contribution in [3.8, 4) is 5.75 Å². The van der Waals surface area contributed by atoms with E-state index in [0.29, 0.717) is 17.2 Å². The lowest BCUT2D eigenvalue weighted by molar-refractivity contribution is -0.113. The number of rotatable bonds is 3. The number of nitrogens with zero attached hydrogens (tertiary/aromatic N) is 1. The van der Waals surface area contributed by atoms with E-state index in [1.165, 1.54) is 11.8 Å². The van der Waals surface area contributed by atoms with Gasteiger partial charge in [-0.15, -0.1) is 11.8 Å². The molecule has 0 saturated heterocycles. The molecular weight excluding hydrogens is 320 g/mol. The first-order chi connectivity index (χ1) is 10.6. The fraction of sp³-hybridized carbons (Fsp3) is 0.125. The number of phenols is 1. The Morgan fingerprint density at radius 2 is 2.05 bits per heavy atom. The molecule has 0 radical (unpaired) electrons. The maximum atomic E-state index is 11.9. The van der Waals surface area contributed by atoms with E-state index in [1.807, 2.05) is 6.07 Å². The topological polar surface area (TPSA) is 61.7 Å². The lowest BCUT2D eigenvalue weighted by Gasteiger charge is -2.05. The number of carbonyl (C=O) groups is 1. The quantitative estimate of drug-likeness (QED) is 0.893. The number of phenolic OH excluding ortho intramolecular Hbond substituents is 1. The van der Waals surface area contributed by atoms with Crippen LogP contribution in [0.4, 0.5) is 11.4 Å². The first-order valence-electron chi connectivity index (χ1n) is 6.68. The third kappa shape index (κ3) is 3.61. The summed E-state index contributed by atoms with van der Waals surface area (Å²) in [5.74, 6) is 0.407. The molecule has 0 bridgehead atoms. The molecule has 0 spiro atoms. The molecule has 3 rings (SSSR count). The molecule has 1 amide bonds. The number of halogens is 1. The van der Waals surface area contributed by atoms with E-state index in [0.717, 1.165) is 22.0 Å². The number of hydrogen-bond acceptors (Lipinski definition) is 4. The molecule has 4 nitrogen and oxygen atoms in total. The van der Waals surface area contributed by atoms with Gasteiger partial charge < -0.3 is 10.4 Å². The van der Waals surface area contributed by atoms with Crippen molar-refractivity contribution in [1.29, 1.82) is 0 Å². The van der Waals surface area contributed by atoms with Crippen molar-refractivity contribution in [2.75, 3.05) is 11.1 Å². The molecular formula is C16H13ClN2O2S. The highest BCUT2D eigenvalue weighted by molar-refractivity contribution is 8.14. The van der Waals surface area contributed by atoms with Crippen LogP contribution in [-0.4, -0.2) is 21.8 Å². The van der Waals surface area contributed by atoms with Crippen molar-refractivity contribution < 1.29 is 9.90 Å². The number of amides is 1. The van der Waals surface area contributed by atoms with Gasteiger partial charge >= 0.3 is 0 Å². The van der Waals surface area contributed by atoms with Crippen molar-refractivity contribution in [1.82, 2.24) is 0 Å².